The molecule has 3 rings (SSSR count). The first-order chi connectivity index (χ1) is 12.5. The van der Waals surface area contributed by atoms with Crippen molar-refractivity contribution in [2.45, 2.75) is 40.2 Å². The second kappa shape index (κ2) is 8.64. The maximum absolute atomic E-state index is 12.2. The normalized spacial score (nSPS) is 15.8. The molecule has 0 atom stereocenters. The molecule has 0 unspecified atom stereocenters. The number of thiazole rings is 1. The van der Waals surface area contributed by atoms with Gasteiger partial charge in [0.25, 0.3) is 5.91 Å². The number of aromatic nitrogens is 1. The molecule has 6 heteroatoms. The summed E-state index contributed by atoms with van der Waals surface area (Å²) in [5.74, 6) is 1.38. The largest absolute Gasteiger partial charge is 0.483 e. The molecule has 5 nitrogen and oxygen atoms in total. The summed E-state index contributed by atoms with van der Waals surface area (Å²) < 4.78 is 5.60. The summed E-state index contributed by atoms with van der Waals surface area (Å²) in [6, 6.07) is 7.68. The Morgan fingerprint density at radius 2 is 2.04 bits per heavy atom. The van der Waals surface area contributed by atoms with E-state index in [-0.39, 0.29) is 12.5 Å². The topological polar surface area (TPSA) is 54.5 Å². The van der Waals surface area contributed by atoms with Crippen LogP contribution in [0.2, 0.25) is 0 Å². The molecule has 26 heavy (non-hydrogen) atoms. The molecule has 1 aliphatic heterocycles. The van der Waals surface area contributed by atoms with Crippen molar-refractivity contribution < 1.29 is 9.53 Å². The van der Waals surface area contributed by atoms with Crippen LogP contribution >= 0.6 is 11.3 Å². The monoisotopic (exact) mass is 373 g/mol. The number of nitrogens with one attached hydrogen (secondary N) is 1. The standard InChI is InChI=1S/C20H27N3O2S/c1-14-8-10-23(11-9-14)12-18-16(3)21-20(26-18)22-19(24)13-25-17-7-5-4-6-15(17)2/h4-7,14H,8-13H2,1-3H3,(H,21,22,24). The quantitative estimate of drug-likeness (QED) is 0.831. The van der Waals surface area contributed by atoms with Crippen molar-refractivity contribution >= 4 is 22.4 Å². The molecule has 1 amide bonds. The molecule has 1 fully saturated rings. The number of carbonyl (C=O) groups excluding carboxylic acids is 1. The number of likely N-dealkylation sites (tertiary alicyclic amines) is 1. The van der Waals surface area contributed by atoms with Gasteiger partial charge in [0.05, 0.1) is 5.69 Å². The van der Waals surface area contributed by atoms with Crippen molar-refractivity contribution in [2.75, 3.05) is 25.0 Å². The van der Waals surface area contributed by atoms with Crippen molar-refractivity contribution in [2.24, 2.45) is 5.92 Å². The van der Waals surface area contributed by atoms with Crippen LogP contribution in [0.5, 0.6) is 5.75 Å². The lowest BCUT2D eigenvalue weighted by atomic mass is 9.99. The van der Waals surface area contributed by atoms with Crippen LogP contribution in [-0.2, 0) is 11.3 Å². The van der Waals surface area contributed by atoms with Crippen LogP contribution in [-0.4, -0.2) is 35.5 Å². The number of carbonyl (C=O) groups is 1. The summed E-state index contributed by atoms with van der Waals surface area (Å²) in [7, 11) is 0. The minimum Gasteiger partial charge on any atom is -0.483 e. The van der Waals surface area contributed by atoms with Crippen molar-refractivity contribution in [1.82, 2.24) is 9.88 Å². The van der Waals surface area contributed by atoms with Crippen molar-refractivity contribution in [1.29, 1.82) is 0 Å². The SMILES string of the molecule is Cc1ccccc1OCC(=O)Nc1nc(C)c(CN2CCC(C)CC2)s1. The predicted molar refractivity (Wildman–Crippen MR) is 106 cm³/mol. The highest BCUT2D eigenvalue weighted by molar-refractivity contribution is 7.15. The minimum absolute atomic E-state index is 0.0111. The Morgan fingerprint density at radius 3 is 2.77 bits per heavy atom. The van der Waals surface area contributed by atoms with Gasteiger partial charge in [-0.25, -0.2) is 4.98 Å². The van der Waals surface area contributed by atoms with E-state index in [1.807, 2.05) is 38.1 Å². The number of hydrogen-bond donors (Lipinski definition) is 1. The van der Waals surface area contributed by atoms with E-state index < -0.39 is 0 Å². The van der Waals surface area contributed by atoms with E-state index in [4.69, 9.17) is 4.74 Å². The number of para-hydroxylation sites is 1. The smallest absolute Gasteiger partial charge is 0.264 e. The van der Waals surface area contributed by atoms with Gasteiger partial charge < -0.3 is 4.74 Å². The maximum Gasteiger partial charge on any atom is 0.264 e. The van der Waals surface area contributed by atoms with E-state index in [1.54, 1.807) is 11.3 Å². The van der Waals surface area contributed by atoms with E-state index in [0.29, 0.717) is 5.13 Å². The van der Waals surface area contributed by atoms with Gasteiger partial charge in [-0.1, -0.05) is 25.1 Å². The zero-order chi connectivity index (χ0) is 18.5. The summed E-state index contributed by atoms with van der Waals surface area (Å²) in [6.07, 6.45) is 2.52. The lowest BCUT2D eigenvalue weighted by molar-refractivity contribution is -0.118. The van der Waals surface area contributed by atoms with Gasteiger partial charge in [0.2, 0.25) is 0 Å². The van der Waals surface area contributed by atoms with Gasteiger partial charge in [-0.05, 0) is 57.3 Å². The Kier molecular flexibility index (Phi) is 6.27. The van der Waals surface area contributed by atoms with Gasteiger partial charge in [0.15, 0.2) is 11.7 Å². The fraction of sp³-hybridized carbons (Fsp3) is 0.500. The Balaban J connectivity index is 1.52. The van der Waals surface area contributed by atoms with Gasteiger partial charge in [-0.2, -0.15) is 0 Å². The third-order valence-corrected chi connectivity index (χ3v) is 5.89. The zero-order valence-electron chi connectivity index (χ0n) is 15.7. The molecule has 0 radical (unpaired) electrons. The third kappa shape index (κ3) is 5.05. The third-order valence-electron chi connectivity index (χ3n) is 4.83. The highest BCUT2D eigenvalue weighted by Crippen LogP contribution is 2.26. The molecule has 1 saturated heterocycles. The molecular formula is C20H27N3O2S. The van der Waals surface area contributed by atoms with E-state index in [9.17, 15) is 4.79 Å². The molecule has 2 aromatic rings. The number of hydrogen-bond acceptors (Lipinski definition) is 5. The number of aryl methyl sites for hydroxylation is 2. The van der Waals surface area contributed by atoms with E-state index in [1.165, 1.54) is 17.7 Å². The van der Waals surface area contributed by atoms with Crippen LogP contribution in [0.3, 0.4) is 0 Å². The molecule has 2 heterocycles. The molecule has 140 valence electrons. The number of nitrogens with zero attached hydrogens (tertiary/aromatic N) is 2. The minimum atomic E-state index is -0.180. The number of rotatable bonds is 6. The summed E-state index contributed by atoms with van der Waals surface area (Å²) in [5, 5.41) is 3.52. The molecule has 0 aliphatic carbocycles. The van der Waals surface area contributed by atoms with E-state index in [2.05, 4.69) is 22.1 Å². The van der Waals surface area contributed by atoms with Crippen molar-refractivity contribution in [3.8, 4) is 5.75 Å². The second-order valence-corrected chi connectivity index (χ2v) is 8.17. The van der Waals surface area contributed by atoms with Crippen molar-refractivity contribution in [3.63, 3.8) is 0 Å². The molecule has 1 aromatic carbocycles. The summed E-state index contributed by atoms with van der Waals surface area (Å²) in [6.45, 7) is 9.49. The molecule has 1 aliphatic rings. The van der Waals surface area contributed by atoms with Crippen molar-refractivity contribution in [3.05, 3.63) is 40.4 Å². The van der Waals surface area contributed by atoms with Crippen LogP contribution in [0.25, 0.3) is 0 Å². The molecule has 1 aromatic heterocycles. The Morgan fingerprint density at radius 1 is 1.31 bits per heavy atom. The van der Waals surface area contributed by atoms with Crippen LogP contribution in [0, 0.1) is 19.8 Å². The summed E-state index contributed by atoms with van der Waals surface area (Å²) in [5.41, 5.74) is 2.02. The van der Waals surface area contributed by atoms with Crippen LogP contribution in [0.1, 0.15) is 35.9 Å². The highest BCUT2D eigenvalue weighted by Gasteiger charge is 2.18. The molecule has 0 bridgehead atoms. The summed E-state index contributed by atoms with van der Waals surface area (Å²) in [4.78, 5) is 20.4. The van der Waals surface area contributed by atoms with Gasteiger partial charge in [-0.3, -0.25) is 15.0 Å². The van der Waals surface area contributed by atoms with Gasteiger partial charge >= 0.3 is 0 Å². The first-order valence-corrected chi connectivity index (χ1v) is 10.00. The Bertz CT molecular complexity index is 751. The number of anilines is 1. The lowest BCUT2D eigenvalue weighted by Crippen LogP contribution is -2.32. The molecule has 0 saturated carbocycles. The highest BCUT2D eigenvalue weighted by atomic mass is 32.1. The number of benzene rings is 1. The van der Waals surface area contributed by atoms with Crippen LogP contribution < -0.4 is 10.1 Å². The number of amides is 1. The fourth-order valence-electron chi connectivity index (χ4n) is 3.07. The van der Waals surface area contributed by atoms with Gasteiger partial charge in [0.1, 0.15) is 5.75 Å². The zero-order valence-corrected chi connectivity index (χ0v) is 16.6. The van der Waals surface area contributed by atoms with E-state index in [0.717, 1.165) is 42.6 Å². The average molecular weight is 374 g/mol. The second-order valence-electron chi connectivity index (χ2n) is 7.09. The number of piperidine rings is 1. The van der Waals surface area contributed by atoms with Crippen LogP contribution in [0.4, 0.5) is 5.13 Å². The molecule has 0 spiro atoms. The number of ether oxygens (including phenoxy) is 1. The molecular weight excluding hydrogens is 346 g/mol. The fourth-order valence-corrected chi connectivity index (χ4v) is 4.09. The first-order valence-electron chi connectivity index (χ1n) is 9.18. The Labute approximate surface area is 159 Å². The summed E-state index contributed by atoms with van der Waals surface area (Å²) >= 11 is 1.57. The van der Waals surface area contributed by atoms with Gasteiger partial charge in [0, 0.05) is 11.4 Å². The van der Waals surface area contributed by atoms with Gasteiger partial charge in [-0.15, -0.1) is 11.3 Å². The molecule has 1 N–H and O–H groups in total. The van der Waals surface area contributed by atoms with Crippen LogP contribution in [0.15, 0.2) is 24.3 Å². The lowest BCUT2D eigenvalue weighted by Gasteiger charge is -2.29. The van der Waals surface area contributed by atoms with E-state index >= 15 is 0 Å². The predicted octanol–water partition coefficient (Wildman–Crippen LogP) is 4.01. The average Bonchev–Trinajstić information content (AvgIpc) is 2.95. The Hall–Kier alpha value is -1.92. The first kappa shape index (κ1) is 18.9. The maximum atomic E-state index is 12.2.